The summed E-state index contributed by atoms with van der Waals surface area (Å²) in [5, 5.41) is 8.11. The summed E-state index contributed by atoms with van der Waals surface area (Å²) >= 11 is 0. The quantitative estimate of drug-likeness (QED) is 0.783. The number of carbonyl (C=O) groups is 2. The van der Waals surface area contributed by atoms with E-state index in [0.29, 0.717) is 25.2 Å². The second kappa shape index (κ2) is 7.65. The smallest absolute Gasteiger partial charge is 0.319 e. The van der Waals surface area contributed by atoms with Crippen LogP contribution in [0.25, 0.3) is 0 Å². The van der Waals surface area contributed by atoms with Crippen molar-refractivity contribution >= 4 is 17.6 Å². The van der Waals surface area contributed by atoms with Crippen LogP contribution in [-0.2, 0) is 11.3 Å². The van der Waals surface area contributed by atoms with E-state index in [-0.39, 0.29) is 11.5 Å². The van der Waals surface area contributed by atoms with Crippen LogP contribution >= 0.6 is 0 Å². The summed E-state index contributed by atoms with van der Waals surface area (Å²) in [6, 6.07) is 11.4. The molecule has 0 bridgehead atoms. The lowest BCUT2D eigenvalue weighted by molar-refractivity contribution is -0.124. The molecule has 1 fully saturated rings. The number of carbonyl (C=O) groups excluding carboxylic acids is 2. The molecular formula is C18H20N4O3. The van der Waals surface area contributed by atoms with Crippen molar-refractivity contribution in [2.75, 3.05) is 11.9 Å². The molecule has 3 amide bonds. The molecule has 0 saturated carbocycles. The highest BCUT2D eigenvalue weighted by atomic mass is 16.2. The topological polar surface area (TPSA) is 92.2 Å². The minimum atomic E-state index is -0.488. The lowest BCUT2D eigenvalue weighted by Crippen LogP contribution is -2.51. The summed E-state index contributed by atoms with van der Waals surface area (Å²) in [5.41, 5.74) is 1.51. The molecule has 25 heavy (non-hydrogen) atoms. The molecule has 1 aromatic heterocycles. The Kier molecular flexibility index (Phi) is 5.13. The zero-order valence-electron chi connectivity index (χ0n) is 13.7. The molecule has 0 aliphatic carbocycles. The molecule has 1 aliphatic heterocycles. The molecule has 1 aromatic carbocycles. The van der Waals surface area contributed by atoms with Crippen LogP contribution in [0.4, 0.5) is 10.5 Å². The van der Waals surface area contributed by atoms with Crippen molar-refractivity contribution in [1.82, 2.24) is 15.2 Å². The maximum atomic E-state index is 12.0. The average molecular weight is 340 g/mol. The van der Waals surface area contributed by atoms with Crippen molar-refractivity contribution in [2.24, 2.45) is 0 Å². The molecule has 3 rings (SSSR count). The Hall–Kier alpha value is -3.09. The molecule has 1 atom stereocenters. The van der Waals surface area contributed by atoms with E-state index in [1.165, 1.54) is 6.07 Å². The van der Waals surface area contributed by atoms with Gasteiger partial charge in [-0.05, 0) is 36.6 Å². The summed E-state index contributed by atoms with van der Waals surface area (Å²) in [7, 11) is 0. The van der Waals surface area contributed by atoms with Crippen molar-refractivity contribution in [2.45, 2.75) is 25.4 Å². The molecule has 130 valence electrons. The van der Waals surface area contributed by atoms with Gasteiger partial charge in [0.15, 0.2) is 0 Å². The van der Waals surface area contributed by atoms with Crippen molar-refractivity contribution in [3.05, 3.63) is 64.6 Å². The largest absolute Gasteiger partial charge is 0.354 e. The Bertz CT molecular complexity index is 814. The second-order valence-corrected chi connectivity index (χ2v) is 5.95. The fraction of sp³-hybridized carbons (Fsp3) is 0.278. The maximum absolute atomic E-state index is 12.0. The fourth-order valence-corrected chi connectivity index (χ4v) is 2.72. The average Bonchev–Trinajstić information content (AvgIpc) is 2.61. The van der Waals surface area contributed by atoms with Gasteiger partial charge >= 0.3 is 6.03 Å². The summed E-state index contributed by atoms with van der Waals surface area (Å²) in [5.74, 6) is -0.148. The lowest BCUT2D eigenvalue weighted by Gasteiger charge is -2.22. The van der Waals surface area contributed by atoms with E-state index < -0.39 is 12.1 Å². The molecule has 3 N–H and O–H groups in total. The first-order valence-electron chi connectivity index (χ1n) is 8.21. The van der Waals surface area contributed by atoms with Crippen molar-refractivity contribution in [3.63, 3.8) is 0 Å². The van der Waals surface area contributed by atoms with Gasteiger partial charge in [-0.1, -0.05) is 18.2 Å². The van der Waals surface area contributed by atoms with Crippen LogP contribution in [0, 0.1) is 0 Å². The molecule has 7 heteroatoms. The number of nitrogens with one attached hydrogen (secondary N) is 3. The van der Waals surface area contributed by atoms with Gasteiger partial charge in [-0.15, -0.1) is 0 Å². The van der Waals surface area contributed by atoms with Crippen LogP contribution < -0.4 is 21.5 Å². The summed E-state index contributed by atoms with van der Waals surface area (Å²) in [4.78, 5) is 35.4. The first-order valence-corrected chi connectivity index (χ1v) is 8.21. The zero-order chi connectivity index (χ0) is 17.6. The van der Waals surface area contributed by atoms with Crippen LogP contribution in [0.15, 0.2) is 53.5 Å². The van der Waals surface area contributed by atoms with Gasteiger partial charge in [0.1, 0.15) is 6.04 Å². The Morgan fingerprint density at radius 2 is 1.96 bits per heavy atom. The molecular weight excluding hydrogens is 320 g/mol. The molecule has 0 unspecified atom stereocenters. The number of urea groups is 1. The number of aromatic nitrogens is 1. The van der Waals surface area contributed by atoms with Crippen LogP contribution in [0.3, 0.4) is 0 Å². The first-order chi connectivity index (χ1) is 12.1. The number of anilines is 1. The number of benzene rings is 1. The van der Waals surface area contributed by atoms with E-state index >= 15 is 0 Å². The van der Waals surface area contributed by atoms with Crippen molar-refractivity contribution < 1.29 is 9.59 Å². The second-order valence-electron chi connectivity index (χ2n) is 5.95. The SMILES string of the molecule is O=C(Nc1ccc(Cn2ccccc2=O)cc1)N[C@@H]1CCCNC1=O. The van der Waals surface area contributed by atoms with Gasteiger partial charge in [-0.3, -0.25) is 9.59 Å². The van der Waals surface area contributed by atoms with E-state index in [1.54, 1.807) is 29.0 Å². The highest BCUT2D eigenvalue weighted by Crippen LogP contribution is 2.11. The van der Waals surface area contributed by atoms with E-state index in [0.717, 1.165) is 12.0 Å². The summed E-state index contributed by atoms with van der Waals surface area (Å²) in [6.07, 6.45) is 3.23. The number of nitrogens with zero attached hydrogens (tertiary/aromatic N) is 1. The van der Waals surface area contributed by atoms with E-state index in [9.17, 15) is 14.4 Å². The van der Waals surface area contributed by atoms with Gasteiger partial charge in [-0.25, -0.2) is 4.79 Å². The molecule has 7 nitrogen and oxygen atoms in total. The number of hydrogen-bond donors (Lipinski definition) is 3. The molecule has 1 aliphatic rings. The Labute approximate surface area is 145 Å². The predicted molar refractivity (Wildman–Crippen MR) is 94.4 cm³/mol. The predicted octanol–water partition coefficient (Wildman–Crippen LogP) is 1.30. The molecule has 2 aromatic rings. The van der Waals surface area contributed by atoms with Crippen LogP contribution in [0.2, 0.25) is 0 Å². The molecule has 0 spiro atoms. The van der Waals surface area contributed by atoms with Gasteiger partial charge in [-0.2, -0.15) is 0 Å². The maximum Gasteiger partial charge on any atom is 0.319 e. The Morgan fingerprint density at radius 3 is 2.68 bits per heavy atom. The van der Waals surface area contributed by atoms with Gasteiger partial charge in [0.25, 0.3) is 5.56 Å². The third-order valence-electron chi connectivity index (χ3n) is 4.05. The van der Waals surface area contributed by atoms with E-state index in [1.807, 2.05) is 18.2 Å². The van der Waals surface area contributed by atoms with E-state index in [4.69, 9.17) is 0 Å². The van der Waals surface area contributed by atoms with Crippen LogP contribution in [0.1, 0.15) is 18.4 Å². The molecule has 0 radical (unpaired) electrons. The van der Waals surface area contributed by atoms with Crippen LogP contribution in [-0.4, -0.2) is 29.1 Å². The third kappa shape index (κ3) is 4.47. The fourth-order valence-electron chi connectivity index (χ4n) is 2.72. The van der Waals surface area contributed by atoms with Gasteiger partial charge in [0.05, 0.1) is 6.54 Å². The van der Waals surface area contributed by atoms with Gasteiger partial charge in [0, 0.05) is 24.5 Å². The Morgan fingerprint density at radius 1 is 1.16 bits per heavy atom. The highest BCUT2D eigenvalue weighted by molar-refractivity contribution is 5.93. The number of hydrogen-bond acceptors (Lipinski definition) is 3. The van der Waals surface area contributed by atoms with Gasteiger partial charge in [0.2, 0.25) is 5.91 Å². The number of pyridine rings is 1. The summed E-state index contributed by atoms with van der Waals surface area (Å²) in [6.45, 7) is 1.12. The zero-order valence-corrected chi connectivity index (χ0v) is 13.7. The number of piperidine rings is 1. The first kappa shape index (κ1) is 16.8. The van der Waals surface area contributed by atoms with Gasteiger partial charge < -0.3 is 20.5 Å². The van der Waals surface area contributed by atoms with Crippen LogP contribution in [0.5, 0.6) is 0 Å². The number of rotatable bonds is 4. The summed E-state index contributed by atoms with van der Waals surface area (Å²) < 4.78 is 1.61. The normalized spacial score (nSPS) is 16.8. The third-order valence-corrected chi connectivity index (χ3v) is 4.05. The minimum absolute atomic E-state index is 0.0603. The van der Waals surface area contributed by atoms with Crippen molar-refractivity contribution in [3.8, 4) is 0 Å². The van der Waals surface area contributed by atoms with E-state index in [2.05, 4.69) is 16.0 Å². The molecule has 2 heterocycles. The minimum Gasteiger partial charge on any atom is -0.354 e. The standard InChI is InChI=1S/C18H20N4O3/c23-16-5-1-2-11-22(16)12-13-6-8-14(9-7-13)20-18(25)21-15-4-3-10-19-17(15)24/h1-2,5-9,11,15H,3-4,10,12H2,(H,19,24)(H2,20,21,25)/t15-/m1/s1. The monoisotopic (exact) mass is 340 g/mol. The lowest BCUT2D eigenvalue weighted by atomic mass is 10.1. The number of amides is 3. The molecule has 1 saturated heterocycles. The van der Waals surface area contributed by atoms with Crippen molar-refractivity contribution in [1.29, 1.82) is 0 Å². The Balaban J connectivity index is 1.57. The highest BCUT2D eigenvalue weighted by Gasteiger charge is 2.23.